The first-order chi connectivity index (χ1) is 8.09. The second kappa shape index (κ2) is 4.50. The molecule has 17 heavy (non-hydrogen) atoms. The molecule has 0 aliphatic heterocycles. The number of aryl methyl sites for hydroxylation is 2. The highest BCUT2D eigenvalue weighted by molar-refractivity contribution is 5.70. The fourth-order valence-electron chi connectivity index (χ4n) is 2.06. The third-order valence-electron chi connectivity index (χ3n) is 2.96. The monoisotopic (exact) mass is 227 g/mol. The highest BCUT2D eigenvalue weighted by Gasteiger charge is 2.09. The average molecular weight is 227 g/mol. The lowest BCUT2D eigenvalue weighted by Crippen LogP contribution is -2.10. The summed E-state index contributed by atoms with van der Waals surface area (Å²) >= 11 is 0. The molecule has 1 N–H and O–H groups in total. The average Bonchev–Trinajstić information content (AvgIpc) is 2.29. The lowest BCUT2D eigenvalue weighted by atomic mass is 10.1. The van der Waals surface area contributed by atoms with Crippen LogP contribution in [0.4, 0.5) is 11.4 Å². The van der Waals surface area contributed by atoms with Crippen LogP contribution in [-0.4, -0.2) is 12.2 Å². The normalized spacial score (nSPS) is 10.3. The van der Waals surface area contributed by atoms with Gasteiger partial charge in [0.1, 0.15) is 5.75 Å². The molecule has 0 radical (unpaired) electrons. The molecule has 0 saturated heterocycles. The lowest BCUT2D eigenvalue weighted by Gasteiger charge is -2.22. The van der Waals surface area contributed by atoms with E-state index in [2.05, 4.69) is 32.0 Å². The van der Waals surface area contributed by atoms with Gasteiger partial charge in [-0.25, -0.2) is 0 Å². The Bertz CT molecular complexity index is 534. The van der Waals surface area contributed by atoms with Gasteiger partial charge in [0.25, 0.3) is 0 Å². The molecule has 2 aromatic carbocycles. The van der Waals surface area contributed by atoms with E-state index >= 15 is 0 Å². The third kappa shape index (κ3) is 2.26. The number of phenolic OH excluding ortho intramolecular Hbond substituents is 1. The van der Waals surface area contributed by atoms with Gasteiger partial charge in [-0.05, 0) is 37.6 Å². The summed E-state index contributed by atoms with van der Waals surface area (Å²) in [6.45, 7) is 4.16. The largest absolute Gasteiger partial charge is 0.506 e. The third-order valence-corrected chi connectivity index (χ3v) is 2.96. The van der Waals surface area contributed by atoms with Gasteiger partial charge in [0, 0.05) is 12.7 Å². The van der Waals surface area contributed by atoms with Crippen LogP contribution in [0.5, 0.6) is 5.75 Å². The van der Waals surface area contributed by atoms with Crippen LogP contribution in [0.2, 0.25) is 0 Å². The van der Waals surface area contributed by atoms with Gasteiger partial charge < -0.3 is 10.0 Å². The van der Waals surface area contributed by atoms with E-state index in [0.717, 1.165) is 11.4 Å². The predicted molar refractivity (Wildman–Crippen MR) is 72.1 cm³/mol. The maximum Gasteiger partial charge on any atom is 0.139 e. The number of hydrogen-bond acceptors (Lipinski definition) is 2. The van der Waals surface area contributed by atoms with E-state index in [9.17, 15) is 5.11 Å². The summed E-state index contributed by atoms with van der Waals surface area (Å²) in [4.78, 5) is 2.00. The van der Waals surface area contributed by atoms with E-state index in [0.29, 0.717) is 5.75 Å². The highest BCUT2D eigenvalue weighted by atomic mass is 16.3. The minimum atomic E-state index is 0.301. The van der Waals surface area contributed by atoms with Crippen LogP contribution >= 0.6 is 0 Å². The van der Waals surface area contributed by atoms with Gasteiger partial charge in [-0.15, -0.1) is 0 Å². The topological polar surface area (TPSA) is 23.5 Å². The zero-order chi connectivity index (χ0) is 12.4. The molecular weight excluding hydrogens is 210 g/mol. The van der Waals surface area contributed by atoms with Crippen molar-refractivity contribution in [3.8, 4) is 5.75 Å². The molecule has 0 aliphatic carbocycles. The van der Waals surface area contributed by atoms with Gasteiger partial charge in [0.15, 0.2) is 0 Å². The molecule has 0 unspecified atom stereocenters. The van der Waals surface area contributed by atoms with Crippen molar-refractivity contribution >= 4 is 11.4 Å². The van der Waals surface area contributed by atoms with Crippen LogP contribution in [0.1, 0.15) is 11.1 Å². The molecule has 0 heterocycles. The van der Waals surface area contributed by atoms with Crippen molar-refractivity contribution in [2.75, 3.05) is 11.9 Å². The summed E-state index contributed by atoms with van der Waals surface area (Å²) in [6, 6.07) is 13.7. The standard InChI is InChI=1S/C15H17NO/c1-11-8-9-13(12(2)10-11)16(3)14-6-4-5-7-15(14)17/h4-10,17H,1-3H3. The number of aromatic hydroxyl groups is 1. The molecule has 0 aliphatic rings. The van der Waals surface area contributed by atoms with Gasteiger partial charge in [-0.2, -0.15) is 0 Å². The number of benzene rings is 2. The maximum absolute atomic E-state index is 9.85. The molecule has 0 atom stereocenters. The molecule has 2 aromatic rings. The van der Waals surface area contributed by atoms with Crippen LogP contribution < -0.4 is 4.90 Å². The number of rotatable bonds is 2. The summed E-state index contributed by atoms with van der Waals surface area (Å²) in [6.07, 6.45) is 0. The first-order valence-electron chi connectivity index (χ1n) is 5.68. The number of phenols is 1. The van der Waals surface area contributed by atoms with Crippen molar-refractivity contribution in [1.82, 2.24) is 0 Å². The SMILES string of the molecule is Cc1ccc(N(C)c2ccccc2O)c(C)c1. The van der Waals surface area contributed by atoms with Crippen LogP contribution in [0, 0.1) is 13.8 Å². The minimum Gasteiger partial charge on any atom is -0.506 e. The van der Waals surface area contributed by atoms with E-state index in [1.165, 1.54) is 11.1 Å². The molecule has 2 nitrogen and oxygen atoms in total. The number of nitrogens with zero attached hydrogens (tertiary/aromatic N) is 1. The molecule has 0 spiro atoms. The van der Waals surface area contributed by atoms with Gasteiger partial charge in [-0.1, -0.05) is 29.8 Å². The molecule has 88 valence electrons. The lowest BCUT2D eigenvalue weighted by molar-refractivity contribution is 0.476. The van der Waals surface area contributed by atoms with Crippen molar-refractivity contribution in [3.05, 3.63) is 53.6 Å². The van der Waals surface area contributed by atoms with E-state index in [-0.39, 0.29) is 0 Å². The molecule has 2 rings (SSSR count). The smallest absolute Gasteiger partial charge is 0.139 e. The minimum absolute atomic E-state index is 0.301. The first kappa shape index (κ1) is 11.5. The highest BCUT2D eigenvalue weighted by Crippen LogP contribution is 2.33. The molecule has 0 fully saturated rings. The Morgan fingerprint density at radius 3 is 2.29 bits per heavy atom. The quantitative estimate of drug-likeness (QED) is 0.844. The van der Waals surface area contributed by atoms with Gasteiger partial charge in [-0.3, -0.25) is 0 Å². The summed E-state index contributed by atoms with van der Waals surface area (Å²) in [5.41, 5.74) is 4.38. The molecule has 0 aromatic heterocycles. The van der Waals surface area contributed by atoms with Gasteiger partial charge in [0.2, 0.25) is 0 Å². The van der Waals surface area contributed by atoms with E-state index in [1.807, 2.05) is 30.1 Å². The molecular formula is C15H17NO. The Morgan fingerprint density at radius 1 is 0.941 bits per heavy atom. The van der Waals surface area contributed by atoms with Crippen molar-refractivity contribution < 1.29 is 5.11 Å². The number of hydrogen-bond donors (Lipinski definition) is 1. The summed E-state index contributed by atoms with van der Waals surface area (Å²) in [7, 11) is 1.96. The predicted octanol–water partition coefficient (Wildman–Crippen LogP) is 3.78. The summed E-state index contributed by atoms with van der Waals surface area (Å²) < 4.78 is 0. The summed E-state index contributed by atoms with van der Waals surface area (Å²) in [5, 5.41) is 9.85. The number of para-hydroxylation sites is 2. The fourth-order valence-corrected chi connectivity index (χ4v) is 2.06. The van der Waals surface area contributed by atoms with E-state index in [1.54, 1.807) is 6.07 Å². The molecule has 0 saturated carbocycles. The molecule has 0 bridgehead atoms. The van der Waals surface area contributed by atoms with Crippen LogP contribution in [-0.2, 0) is 0 Å². The van der Waals surface area contributed by atoms with Crippen molar-refractivity contribution in [2.24, 2.45) is 0 Å². The summed E-state index contributed by atoms with van der Waals surface area (Å²) in [5.74, 6) is 0.301. The molecule has 2 heteroatoms. The van der Waals surface area contributed by atoms with Crippen LogP contribution in [0.25, 0.3) is 0 Å². The van der Waals surface area contributed by atoms with Crippen molar-refractivity contribution in [1.29, 1.82) is 0 Å². The van der Waals surface area contributed by atoms with Gasteiger partial charge in [0.05, 0.1) is 5.69 Å². The van der Waals surface area contributed by atoms with Crippen molar-refractivity contribution in [3.63, 3.8) is 0 Å². The van der Waals surface area contributed by atoms with Crippen molar-refractivity contribution in [2.45, 2.75) is 13.8 Å². The maximum atomic E-state index is 9.85. The van der Waals surface area contributed by atoms with Crippen LogP contribution in [0.3, 0.4) is 0 Å². The van der Waals surface area contributed by atoms with E-state index in [4.69, 9.17) is 0 Å². The zero-order valence-electron chi connectivity index (χ0n) is 10.4. The van der Waals surface area contributed by atoms with Crippen LogP contribution in [0.15, 0.2) is 42.5 Å². The molecule has 0 amide bonds. The second-order valence-corrected chi connectivity index (χ2v) is 4.34. The first-order valence-corrected chi connectivity index (χ1v) is 5.68. The van der Waals surface area contributed by atoms with Gasteiger partial charge >= 0.3 is 0 Å². The second-order valence-electron chi connectivity index (χ2n) is 4.34. The number of anilines is 2. The van der Waals surface area contributed by atoms with E-state index < -0.39 is 0 Å². The Morgan fingerprint density at radius 2 is 1.65 bits per heavy atom. The Kier molecular flexibility index (Phi) is 3.05. The Hall–Kier alpha value is -1.96. The fraction of sp³-hybridized carbons (Fsp3) is 0.200. The zero-order valence-corrected chi connectivity index (χ0v) is 10.4. The Balaban J connectivity index is 2.44. The Labute approximate surface area is 102 Å².